The molecule has 0 unspecified atom stereocenters. The predicted molar refractivity (Wildman–Crippen MR) is 108 cm³/mol. The van der Waals surface area contributed by atoms with Crippen molar-refractivity contribution in [2.45, 2.75) is 33.4 Å². The monoisotopic (exact) mass is 383 g/mol. The second-order valence-electron chi connectivity index (χ2n) is 6.45. The van der Waals surface area contributed by atoms with Crippen molar-refractivity contribution in [3.05, 3.63) is 64.0 Å². The van der Waals surface area contributed by atoms with Gasteiger partial charge in [0, 0.05) is 30.1 Å². The highest BCUT2D eigenvalue weighted by Gasteiger charge is 2.12. The number of hydrogen-bond acceptors (Lipinski definition) is 6. The standard InChI is InChI=1S/C22H25NO5/c1-4-26-19-9-6-15(10-21(19)27-5-2)14(3)23-13-16-11-22(25)28-20-12-17(24)7-8-18(16)20/h6-12,14,23-24H,4-5,13H2,1-3H3/t14-/m1/s1. The minimum atomic E-state index is -0.442. The van der Waals surface area contributed by atoms with Gasteiger partial charge in [-0.3, -0.25) is 0 Å². The van der Waals surface area contributed by atoms with Gasteiger partial charge in [0.1, 0.15) is 11.3 Å². The number of nitrogens with one attached hydrogen (secondary N) is 1. The van der Waals surface area contributed by atoms with Crippen LogP contribution >= 0.6 is 0 Å². The van der Waals surface area contributed by atoms with Gasteiger partial charge in [0.2, 0.25) is 0 Å². The fraction of sp³-hybridized carbons (Fsp3) is 0.318. The lowest BCUT2D eigenvalue weighted by Crippen LogP contribution is -2.19. The van der Waals surface area contributed by atoms with Crippen LogP contribution in [0.4, 0.5) is 0 Å². The van der Waals surface area contributed by atoms with E-state index in [1.807, 2.05) is 39.0 Å². The van der Waals surface area contributed by atoms with Gasteiger partial charge in [0.15, 0.2) is 11.5 Å². The largest absolute Gasteiger partial charge is 0.508 e. The van der Waals surface area contributed by atoms with Gasteiger partial charge in [-0.2, -0.15) is 0 Å². The minimum absolute atomic E-state index is 0.0225. The Morgan fingerprint density at radius 2 is 1.79 bits per heavy atom. The summed E-state index contributed by atoms with van der Waals surface area (Å²) in [6.45, 7) is 7.54. The van der Waals surface area contributed by atoms with E-state index in [-0.39, 0.29) is 11.8 Å². The van der Waals surface area contributed by atoms with E-state index in [1.165, 1.54) is 12.1 Å². The number of benzene rings is 2. The molecule has 0 saturated carbocycles. The maximum Gasteiger partial charge on any atom is 0.336 e. The topological polar surface area (TPSA) is 80.9 Å². The third-order valence-electron chi connectivity index (χ3n) is 4.48. The van der Waals surface area contributed by atoms with Crippen LogP contribution in [0.2, 0.25) is 0 Å². The first kappa shape index (κ1) is 19.8. The van der Waals surface area contributed by atoms with E-state index in [4.69, 9.17) is 13.9 Å². The average molecular weight is 383 g/mol. The summed E-state index contributed by atoms with van der Waals surface area (Å²) in [5, 5.41) is 13.8. The predicted octanol–water partition coefficient (Wildman–Crippen LogP) is 4.15. The summed E-state index contributed by atoms with van der Waals surface area (Å²) >= 11 is 0. The molecular formula is C22H25NO5. The van der Waals surface area contributed by atoms with Crippen molar-refractivity contribution in [1.29, 1.82) is 0 Å². The number of rotatable bonds is 8. The third-order valence-corrected chi connectivity index (χ3v) is 4.48. The van der Waals surface area contributed by atoms with Gasteiger partial charge in [-0.15, -0.1) is 0 Å². The lowest BCUT2D eigenvalue weighted by Gasteiger charge is -2.18. The molecule has 1 heterocycles. The molecule has 0 aliphatic carbocycles. The Kier molecular flexibility index (Phi) is 6.21. The fourth-order valence-corrected chi connectivity index (χ4v) is 3.08. The van der Waals surface area contributed by atoms with E-state index in [1.54, 1.807) is 12.1 Å². The molecule has 6 heteroatoms. The number of ether oxygens (including phenoxy) is 2. The van der Waals surface area contributed by atoms with Crippen LogP contribution in [0.3, 0.4) is 0 Å². The highest BCUT2D eigenvalue weighted by atomic mass is 16.5. The Morgan fingerprint density at radius 3 is 2.54 bits per heavy atom. The van der Waals surface area contributed by atoms with Crippen molar-refractivity contribution in [2.75, 3.05) is 13.2 Å². The molecule has 0 bridgehead atoms. The minimum Gasteiger partial charge on any atom is -0.508 e. The number of hydrogen-bond donors (Lipinski definition) is 2. The molecule has 0 spiro atoms. The Morgan fingerprint density at radius 1 is 1.04 bits per heavy atom. The van der Waals surface area contributed by atoms with Gasteiger partial charge in [0.05, 0.1) is 13.2 Å². The van der Waals surface area contributed by atoms with E-state index < -0.39 is 5.63 Å². The first-order chi connectivity index (χ1) is 13.5. The molecule has 28 heavy (non-hydrogen) atoms. The Bertz CT molecular complexity index is 1010. The third kappa shape index (κ3) is 4.46. The summed E-state index contributed by atoms with van der Waals surface area (Å²) in [6.07, 6.45) is 0. The van der Waals surface area contributed by atoms with E-state index >= 15 is 0 Å². The van der Waals surface area contributed by atoms with Gasteiger partial charge in [0.25, 0.3) is 0 Å². The van der Waals surface area contributed by atoms with Gasteiger partial charge in [-0.1, -0.05) is 6.07 Å². The number of phenolic OH excluding ortho intramolecular Hbond substituents is 1. The Balaban J connectivity index is 1.81. The number of fused-ring (bicyclic) bond motifs is 1. The molecule has 148 valence electrons. The Labute approximate surface area is 163 Å². The summed E-state index contributed by atoms with van der Waals surface area (Å²) in [4.78, 5) is 11.8. The van der Waals surface area contributed by atoms with Crippen molar-refractivity contribution in [2.24, 2.45) is 0 Å². The molecule has 3 aromatic rings. The van der Waals surface area contributed by atoms with Gasteiger partial charge in [-0.05, 0) is 56.2 Å². The molecular weight excluding hydrogens is 358 g/mol. The van der Waals surface area contributed by atoms with E-state index in [0.717, 1.165) is 28.0 Å². The summed E-state index contributed by atoms with van der Waals surface area (Å²) in [7, 11) is 0. The van der Waals surface area contributed by atoms with E-state index in [2.05, 4.69) is 5.32 Å². The maximum atomic E-state index is 11.8. The Hall–Kier alpha value is -2.99. The SMILES string of the molecule is CCOc1ccc([C@@H](C)NCc2cc(=O)oc3cc(O)ccc23)cc1OCC. The van der Waals surface area contributed by atoms with Crippen molar-refractivity contribution in [3.63, 3.8) is 0 Å². The molecule has 0 fully saturated rings. The zero-order valence-corrected chi connectivity index (χ0v) is 16.3. The molecule has 2 N–H and O–H groups in total. The van der Waals surface area contributed by atoms with Crippen LogP contribution in [0, 0.1) is 0 Å². The molecule has 0 amide bonds. The smallest absolute Gasteiger partial charge is 0.336 e. The zero-order chi connectivity index (χ0) is 20.1. The first-order valence-corrected chi connectivity index (χ1v) is 9.40. The van der Waals surface area contributed by atoms with Crippen LogP contribution in [-0.2, 0) is 6.54 Å². The zero-order valence-electron chi connectivity index (χ0n) is 16.3. The highest BCUT2D eigenvalue weighted by Crippen LogP contribution is 2.31. The first-order valence-electron chi connectivity index (χ1n) is 9.40. The van der Waals surface area contributed by atoms with Crippen LogP contribution in [0.15, 0.2) is 51.7 Å². The maximum absolute atomic E-state index is 11.8. The van der Waals surface area contributed by atoms with E-state index in [9.17, 15) is 9.90 Å². The second-order valence-corrected chi connectivity index (χ2v) is 6.45. The number of phenols is 1. The lowest BCUT2D eigenvalue weighted by molar-refractivity contribution is 0.287. The normalized spacial score (nSPS) is 12.1. The molecule has 0 aliphatic rings. The summed E-state index contributed by atoms with van der Waals surface area (Å²) in [5.41, 5.74) is 1.80. The summed E-state index contributed by atoms with van der Waals surface area (Å²) in [5.74, 6) is 1.51. The van der Waals surface area contributed by atoms with Gasteiger partial charge >= 0.3 is 5.63 Å². The molecule has 0 saturated heterocycles. The molecule has 1 aromatic heterocycles. The molecule has 6 nitrogen and oxygen atoms in total. The van der Waals surface area contributed by atoms with Crippen molar-refractivity contribution >= 4 is 11.0 Å². The van der Waals surface area contributed by atoms with Crippen molar-refractivity contribution < 1.29 is 19.0 Å². The second kappa shape index (κ2) is 8.80. The van der Waals surface area contributed by atoms with Crippen LogP contribution in [0.25, 0.3) is 11.0 Å². The molecule has 0 aliphatic heterocycles. The number of aromatic hydroxyl groups is 1. The molecule has 1 atom stereocenters. The fourth-order valence-electron chi connectivity index (χ4n) is 3.08. The average Bonchev–Trinajstić information content (AvgIpc) is 2.67. The van der Waals surface area contributed by atoms with Gasteiger partial charge < -0.3 is 24.3 Å². The highest BCUT2D eigenvalue weighted by molar-refractivity contribution is 5.81. The van der Waals surface area contributed by atoms with Crippen molar-refractivity contribution in [1.82, 2.24) is 5.32 Å². The molecule has 3 rings (SSSR count). The molecule has 0 radical (unpaired) electrons. The van der Waals surface area contributed by atoms with E-state index in [0.29, 0.717) is 25.3 Å². The molecule has 2 aromatic carbocycles. The summed E-state index contributed by atoms with van der Waals surface area (Å²) in [6, 6.07) is 12.2. The van der Waals surface area contributed by atoms with Gasteiger partial charge in [-0.25, -0.2) is 4.79 Å². The van der Waals surface area contributed by atoms with Crippen molar-refractivity contribution in [3.8, 4) is 17.2 Å². The van der Waals surface area contributed by atoms with Crippen LogP contribution < -0.4 is 20.4 Å². The van der Waals surface area contributed by atoms with Crippen LogP contribution in [0.5, 0.6) is 17.2 Å². The lowest BCUT2D eigenvalue weighted by atomic mass is 10.1. The van der Waals surface area contributed by atoms with Crippen LogP contribution in [-0.4, -0.2) is 18.3 Å². The van der Waals surface area contributed by atoms with Crippen LogP contribution in [0.1, 0.15) is 37.9 Å². The summed E-state index contributed by atoms with van der Waals surface area (Å²) < 4.78 is 16.5. The quantitative estimate of drug-likeness (QED) is 0.569.